The number of amides is 2. The van der Waals surface area contributed by atoms with Gasteiger partial charge in [-0.1, -0.05) is 0 Å². The lowest BCUT2D eigenvalue weighted by Gasteiger charge is -2.60. The molecule has 0 spiro atoms. The Morgan fingerprint density at radius 2 is 1.84 bits per heavy atom. The average Bonchev–Trinajstić information content (AvgIpc) is 3.31. The van der Waals surface area contributed by atoms with E-state index in [9.17, 15) is 9.59 Å². The summed E-state index contributed by atoms with van der Waals surface area (Å²) in [6.07, 6.45) is 10.5. The second-order valence-corrected chi connectivity index (χ2v) is 10.8. The summed E-state index contributed by atoms with van der Waals surface area (Å²) in [5, 5.41) is 15.5. The Labute approximate surface area is 182 Å². The molecule has 6 rings (SSSR count). The zero-order valence-corrected chi connectivity index (χ0v) is 18.8. The average molecular weight is 425 g/mol. The first kappa shape index (κ1) is 20.3. The first-order chi connectivity index (χ1) is 14.7. The minimum atomic E-state index is -0.285. The van der Waals surface area contributed by atoms with Gasteiger partial charge in [0.2, 0.25) is 5.91 Å². The molecule has 2 amide bonds. The summed E-state index contributed by atoms with van der Waals surface area (Å²) >= 11 is 0. The first-order valence-corrected chi connectivity index (χ1v) is 11.3. The van der Waals surface area contributed by atoms with Crippen LogP contribution in [0.3, 0.4) is 0 Å². The van der Waals surface area contributed by atoms with E-state index < -0.39 is 0 Å². The monoisotopic (exact) mass is 424 g/mol. The van der Waals surface area contributed by atoms with Crippen molar-refractivity contribution in [2.45, 2.75) is 76.9 Å². The predicted molar refractivity (Wildman–Crippen MR) is 116 cm³/mol. The van der Waals surface area contributed by atoms with E-state index in [0.717, 1.165) is 32.1 Å². The quantitative estimate of drug-likeness (QED) is 0.789. The molecule has 166 valence electrons. The summed E-state index contributed by atoms with van der Waals surface area (Å²) in [5.41, 5.74) is 0.192. The van der Waals surface area contributed by atoms with Crippen molar-refractivity contribution >= 4 is 11.8 Å². The van der Waals surface area contributed by atoms with Crippen LogP contribution in [-0.2, 0) is 10.3 Å². The van der Waals surface area contributed by atoms with E-state index in [1.54, 1.807) is 24.0 Å². The summed E-state index contributed by atoms with van der Waals surface area (Å²) in [6, 6.07) is 2.00. The van der Waals surface area contributed by atoms with E-state index in [2.05, 4.69) is 41.6 Å². The number of nitrogens with one attached hydrogen (secondary N) is 2. The van der Waals surface area contributed by atoms with E-state index in [1.807, 2.05) is 16.9 Å². The standard InChI is InChI=1S/C23H32N6O2/c1-14(30)27-23-10-15-8-16(11-23)19(17(9-15)12-23)26-20(31)18-13-25-29(22(2,3)4)21(18)28-7-5-6-24-28/h5-7,13,15-17,19H,8-12H2,1-4H3,(H,26,31)(H,27,30)/t15?,16-,17-,19?,23?/m0/s1. The molecule has 0 aliphatic heterocycles. The topological polar surface area (TPSA) is 93.8 Å². The van der Waals surface area contributed by atoms with Gasteiger partial charge in [0.05, 0.1) is 11.7 Å². The molecule has 4 aliphatic carbocycles. The van der Waals surface area contributed by atoms with Crippen molar-refractivity contribution in [1.82, 2.24) is 30.2 Å². The summed E-state index contributed by atoms with van der Waals surface area (Å²) in [6.45, 7) is 7.80. The van der Waals surface area contributed by atoms with Gasteiger partial charge in [-0.3, -0.25) is 9.59 Å². The fourth-order valence-corrected chi connectivity index (χ4v) is 6.62. The van der Waals surface area contributed by atoms with E-state index in [-0.39, 0.29) is 28.9 Å². The van der Waals surface area contributed by atoms with Gasteiger partial charge in [-0.15, -0.1) is 0 Å². The molecule has 0 radical (unpaired) electrons. The molecule has 8 heteroatoms. The van der Waals surface area contributed by atoms with Crippen LogP contribution in [0.1, 0.15) is 70.2 Å². The molecule has 2 aromatic rings. The highest BCUT2D eigenvalue weighted by atomic mass is 16.2. The normalized spacial score (nSPS) is 31.6. The predicted octanol–water partition coefficient (Wildman–Crippen LogP) is 2.64. The van der Waals surface area contributed by atoms with Crippen LogP contribution in [0.2, 0.25) is 0 Å². The van der Waals surface area contributed by atoms with Crippen LogP contribution in [-0.4, -0.2) is 43.0 Å². The fraction of sp³-hybridized carbons (Fsp3) is 0.652. The van der Waals surface area contributed by atoms with Gasteiger partial charge in [0.1, 0.15) is 5.56 Å². The largest absolute Gasteiger partial charge is 0.351 e. The lowest BCUT2D eigenvalue weighted by atomic mass is 9.51. The molecule has 2 atom stereocenters. The Balaban J connectivity index is 1.41. The van der Waals surface area contributed by atoms with Gasteiger partial charge in [0.25, 0.3) is 5.91 Å². The molecular formula is C23H32N6O2. The van der Waals surface area contributed by atoms with E-state index in [0.29, 0.717) is 29.1 Å². The smallest absolute Gasteiger partial charge is 0.256 e. The number of hydrogen-bond acceptors (Lipinski definition) is 4. The van der Waals surface area contributed by atoms with Gasteiger partial charge < -0.3 is 10.6 Å². The van der Waals surface area contributed by atoms with Crippen molar-refractivity contribution in [2.24, 2.45) is 17.8 Å². The molecule has 0 aromatic carbocycles. The molecular weight excluding hydrogens is 392 g/mol. The Morgan fingerprint density at radius 1 is 1.13 bits per heavy atom. The number of aromatic nitrogens is 4. The SMILES string of the molecule is CC(=O)NC12CC3C[C@@H](C1)C(NC(=O)c1cnn(C(C)(C)C)c1-n1cccn1)[C@@H](C3)C2. The number of carbonyl (C=O) groups is 2. The van der Waals surface area contributed by atoms with Crippen molar-refractivity contribution in [3.05, 3.63) is 30.2 Å². The highest BCUT2D eigenvalue weighted by Crippen LogP contribution is 2.55. The third-order valence-electron chi connectivity index (χ3n) is 7.36. The summed E-state index contributed by atoms with van der Waals surface area (Å²) in [7, 11) is 0. The van der Waals surface area contributed by atoms with Crippen LogP contribution in [0.15, 0.2) is 24.7 Å². The molecule has 8 nitrogen and oxygen atoms in total. The van der Waals surface area contributed by atoms with E-state index in [1.165, 1.54) is 0 Å². The Bertz CT molecular complexity index is 986. The zero-order valence-electron chi connectivity index (χ0n) is 18.8. The fourth-order valence-electron chi connectivity index (χ4n) is 6.62. The van der Waals surface area contributed by atoms with Crippen LogP contribution in [0.4, 0.5) is 0 Å². The third kappa shape index (κ3) is 3.46. The van der Waals surface area contributed by atoms with Gasteiger partial charge in [0.15, 0.2) is 5.82 Å². The van der Waals surface area contributed by atoms with E-state index in [4.69, 9.17) is 0 Å². The van der Waals surface area contributed by atoms with Crippen LogP contribution < -0.4 is 10.6 Å². The Hall–Kier alpha value is -2.64. The number of rotatable bonds is 4. The maximum absolute atomic E-state index is 13.5. The molecule has 4 bridgehead atoms. The summed E-state index contributed by atoms with van der Waals surface area (Å²) in [5.74, 6) is 2.13. The summed E-state index contributed by atoms with van der Waals surface area (Å²) < 4.78 is 3.58. The zero-order chi connectivity index (χ0) is 22.0. The summed E-state index contributed by atoms with van der Waals surface area (Å²) in [4.78, 5) is 25.3. The minimum Gasteiger partial charge on any atom is -0.351 e. The van der Waals surface area contributed by atoms with Crippen LogP contribution >= 0.6 is 0 Å². The number of carbonyl (C=O) groups excluding carboxylic acids is 2. The lowest BCUT2D eigenvalue weighted by Crippen LogP contribution is -2.66. The maximum atomic E-state index is 13.5. The molecule has 4 fully saturated rings. The van der Waals surface area contributed by atoms with Crippen molar-refractivity contribution in [3.8, 4) is 5.82 Å². The van der Waals surface area contributed by atoms with E-state index >= 15 is 0 Å². The van der Waals surface area contributed by atoms with Gasteiger partial charge in [-0.25, -0.2) is 9.36 Å². The van der Waals surface area contributed by atoms with Gasteiger partial charge in [-0.2, -0.15) is 10.2 Å². The molecule has 2 aromatic heterocycles. The first-order valence-electron chi connectivity index (χ1n) is 11.3. The van der Waals surface area contributed by atoms with Crippen molar-refractivity contribution < 1.29 is 9.59 Å². The van der Waals surface area contributed by atoms with Gasteiger partial charge in [0, 0.05) is 30.9 Å². The van der Waals surface area contributed by atoms with Crippen molar-refractivity contribution in [2.75, 3.05) is 0 Å². The Kier molecular flexibility index (Phi) is 4.53. The Morgan fingerprint density at radius 3 is 2.42 bits per heavy atom. The molecule has 2 heterocycles. The van der Waals surface area contributed by atoms with Gasteiger partial charge >= 0.3 is 0 Å². The molecule has 4 saturated carbocycles. The van der Waals surface area contributed by atoms with Crippen LogP contribution in [0.5, 0.6) is 0 Å². The minimum absolute atomic E-state index is 0.0565. The second kappa shape index (κ2) is 6.93. The number of hydrogen-bond donors (Lipinski definition) is 2. The molecule has 0 saturated heterocycles. The highest BCUT2D eigenvalue weighted by Gasteiger charge is 2.56. The number of nitrogens with zero attached hydrogens (tertiary/aromatic N) is 4. The van der Waals surface area contributed by atoms with Crippen LogP contribution in [0.25, 0.3) is 5.82 Å². The second-order valence-electron chi connectivity index (χ2n) is 10.8. The van der Waals surface area contributed by atoms with Crippen molar-refractivity contribution in [1.29, 1.82) is 0 Å². The molecule has 2 N–H and O–H groups in total. The van der Waals surface area contributed by atoms with Crippen LogP contribution in [0, 0.1) is 17.8 Å². The molecule has 0 unspecified atom stereocenters. The molecule has 4 aliphatic rings. The van der Waals surface area contributed by atoms with Gasteiger partial charge in [-0.05, 0) is 76.7 Å². The molecule has 31 heavy (non-hydrogen) atoms. The van der Waals surface area contributed by atoms with Crippen molar-refractivity contribution in [3.63, 3.8) is 0 Å². The third-order valence-corrected chi connectivity index (χ3v) is 7.36. The maximum Gasteiger partial charge on any atom is 0.256 e. The highest BCUT2D eigenvalue weighted by molar-refractivity contribution is 5.97. The lowest BCUT2D eigenvalue weighted by molar-refractivity contribution is -0.125.